The third kappa shape index (κ3) is 4.65. The van der Waals surface area contributed by atoms with Crippen molar-refractivity contribution in [1.82, 2.24) is 0 Å². The van der Waals surface area contributed by atoms with Crippen LogP contribution >= 0.6 is 23.2 Å². The summed E-state index contributed by atoms with van der Waals surface area (Å²) in [5.41, 5.74) is -0.266. The second kappa shape index (κ2) is 7.76. The molecule has 0 unspecified atom stereocenters. The summed E-state index contributed by atoms with van der Waals surface area (Å²) >= 11 is 11.8. The molecule has 2 amide bonds. The fraction of sp³-hybridized carbons (Fsp3) is 0.222. The van der Waals surface area contributed by atoms with Gasteiger partial charge < -0.3 is 15.4 Å². The van der Waals surface area contributed by atoms with Crippen LogP contribution in [0.5, 0.6) is 5.75 Å². The Hall–Kier alpha value is -2.24. The van der Waals surface area contributed by atoms with Crippen molar-refractivity contribution in [2.75, 3.05) is 17.7 Å². The van der Waals surface area contributed by atoms with Gasteiger partial charge in [0.15, 0.2) is 0 Å². The Kier molecular flexibility index (Phi) is 5.93. The van der Waals surface area contributed by atoms with Gasteiger partial charge in [0, 0.05) is 11.4 Å². The van der Waals surface area contributed by atoms with Crippen LogP contribution < -0.4 is 15.4 Å². The Balaban J connectivity index is 2.08. The van der Waals surface area contributed by atoms with Gasteiger partial charge in [0.25, 0.3) is 0 Å². The molecule has 2 N–H and O–H groups in total. The van der Waals surface area contributed by atoms with Crippen molar-refractivity contribution in [1.29, 1.82) is 0 Å². The van der Waals surface area contributed by atoms with Gasteiger partial charge >= 0.3 is 0 Å². The van der Waals surface area contributed by atoms with Crippen LogP contribution in [0.15, 0.2) is 42.5 Å². The molecule has 0 saturated heterocycles. The van der Waals surface area contributed by atoms with Crippen LogP contribution in [0.25, 0.3) is 0 Å². The van der Waals surface area contributed by atoms with Gasteiger partial charge in [0.1, 0.15) is 11.2 Å². The molecule has 0 fully saturated rings. The van der Waals surface area contributed by atoms with Gasteiger partial charge in [-0.25, -0.2) is 0 Å². The van der Waals surface area contributed by atoms with Crippen molar-refractivity contribution in [3.05, 3.63) is 52.5 Å². The lowest BCUT2D eigenvalue weighted by Gasteiger charge is -2.23. The normalized spacial score (nSPS) is 10.9. The van der Waals surface area contributed by atoms with Crippen molar-refractivity contribution in [2.45, 2.75) is 13.8 Å². The maximum atomic E-state index is 12.5. The highest BCUT2D eigenvalue weighted by molar-refractivity contribution is 6.42. The topological polar surface area (TPSA) is 67.4 Å². The number of hydrogen-bond donors (Lipinski definition) is 2. The molecule has 132 valence electrons. The molecule has 25 heavy (non-hydrogen) atoms. The zero-order valence-electron chi connectivity index (χ0n) is 14.0. The molecule has 0 heterocycles. The van der Waals surface area contributed by atoms with Crippen LogP contribution in [-0.4, -0.2) is 18.9 Å². The standard InChI is InChI=1S/C18H18Cl2N2O3/c1-18(2,16(23)21-11-4-7-13(25-3)8-5-11)17(24)22-12-6-9-14(19)15(20)10-12/h4-10H,1-3H3,(H,21,23)(H,22,24). The van der Waals surface area contributed by atoms with E-state index in [1.165, 1.54) is 6.07 Å². The van der Waals surface area contributed by atoms with Crippen LogP contribution in [0, 0.1) is 5.41 Å². The number of amides is 2. The van der Waals surface area contributed by atoms with Crippen LogP contribution in [0.1, 0.15) is 13.8 Å². The number of rotatable bonds is 5. The molecule has 0 radical (unpaired) electrons. The number of carbonyl (C=O) groups is 2. The van der Waals surface area contributed by atoms with E-state index < -0.39 is 17.2 Å². The zero-order chi connectivity index (χ0) is 18.6. The number of ether oxygens (including phenoxy) is 1. The summed E-state index contributed by atoms with van der Waals surface area (Å²) in [6, 6.07) is 11.6. The van der Waals surface area contributed by atoms with Gasteiger partial charge in [-0.3, -0.25) is 9.59 Å². The predicted octanol–water partition coefficient (Wildman–Crippen LogP) is 4.61. The van der Waals surface area contributed by atoms with Gasteiger partial charge in [0.05, 0.1) is 17.2 Å². The molecule has 0 saturated carbocycles. The number of benzene rings is 2. The van der Waals surface area contributed by atoms with Gasteiger partial charge in [0.2, 0.25) is 11.8 Å². The maximum absolute atomic E-state index is 12.5. The first-order chi connectivity index (χ1) is 11.7. The first kappa shape index (κ1) is 19.1. The molecule has 0 atom stereocenters. The quantitative estimate of drug-likeness (QED) is 0.744. The van der Waals surface area contributed by atoms with E-state index in [1.807, 2.05) is 0 Å². The Morgan fingerprint density at radius 1 is 0.880 bits per heavy atom. The van der Waals surface area contributed by atoms with E-state index in [-0.39, 0.29) is 0 Å². The van der Waals surface area contributed by atoms with E-state index in [9.17, 15) is 9.59 Å². The molecule has 2 aromatic carbocycles. The number of methoxy groups -OCH3 is 1. The molecule has 0 bridgehead atoms. The van der Waals surface area contributed by atoms with E-state index in [1.54, 1.807) is 57.4 Å². The Morgan fingerprint density at radius 2 is 1.40 bits per heavy atom. The molecule has 0 aliphatic carbocycles. The smallest absolute Gasteiger partial charge is 0.239 e. The molecule has 7 heteroatoms. The summed E-state index contributed by atoms with van der Waals surface area (Å²) in [6.45, 7) is 3.08. The second-order valence-corrected chi connectivity index (χ2v) is 6.71. The molecule has 5 nitrogen and oxygen atoms in total. The number of halogens is 2. The minimum absolute atomic E-state index is 0.319. The molecular formula is C18H18Cl2N2O3. The largest absolute Gasteiger partial charge is 0.497 e. The molecule has 2 rings (SSSR count). The van der Waals surface area contributed by atoms with Crippen molar-refractivity contribution in [3.8, 4) is 5.75 Å². The molecule has 0 aliphatic rings. The number of nitrogens with one attached hydrogen (secondary N) is 2. The zero-order valence-corrected chi connectivity index (χ0v) is 15.5. The minimum atomic E-state index is -1.30. The van der Waals surface area contributed by atoms with Crippen molar-refractivity contribution in [3.63, 3.8) is 0 Å². The lowest BCUT2D eigenvalue weighted by molar-refractivity contribution is -0.135. The Morgan fingerprint density at radius 3 is 1.92 bits per heavy atom. The molecule has 2 aromatic rings. The first-order valence-electron chi connectivity index (χ1n) is 7.46. The van der Waals surface area contributed by atoms with E-state index >= 15 is 0 Å². The van der Waals surface area contributed by atoms with Gasteiger partial charge in [-0.15, -0.1) is 0 Å². The van der Waals surface area contributed by atoms with E-state index in [2.05, 4.69) is 10.6 Å². The number of hydrogen-bond acceptors (Lipinski definition) is 3. The van der Waals surface area contributed by atoms with E-state index in [4.69, 9.17) is 27.9 Å². The summed E-state index contributed by atoms with van der Waals surface area (Å²) in [6.07, 6.45) is 0. The maximum Gasteiger partial charge on any atom is 0.239 e. The average Bonchev–Trinajstić information content (AvgIpc) is 2.58. The van der Waals surface area contributed by atoms with Crippen LogP contribution in [-0.2, 0) is 9.59 Å². The van der Waals surface area contributed by atoms with Gasteiger partial charge in [-0.1, -0.05) is 23.2 Å². The fourth-order valence-electron chi connectivity index (χ4n) is 1.93. The number of anilines is 2. The van der Waals surface area contributed by atoms with Crippen molar-refractivity contribution >= 4 is 46.4 Å². The third-order valence-corrected chi connectivity index (χ3v) is 4.40. The third-order valence-electron chi connectivity index (χ3n) is 3.66. The fourth-order valence-corrected chi connectivity index (χ4v) is 2.22. The monoisotopic (exact) mass is 380 g/mol. The van der Waals surface area contributed by atoms with Crippen molar-refractivity contribution in [2.24, 2.45) is 5.41 Å². The summed E-state index contributed by atoms with van der Waals surface area (Å²) in [4.78, 5) is 25.0. The first-order valence-corrected chi connectivity index (χ1v) is 8.21. The molecule has 0 aromatic heterocycles. The summed E-state index contributed by atoms with van der Waals surface area (Å²) in [5.74, 6) is -0.221. The van der Waals surface area contributed by atoms with Gasteiger partial charge in [-0.05, 0) is 56.3 Å². The average molecular weight is 381 g/mol. The Labute approximate surface area is 156 Å². The van der Waals surface area contributed by atoms with Gasteiger partial charge in [-0.2, -0.15) is 0 Å². The van der Waals surface area contributed by atoms with Crippen LogP contribution in [0.4, 0.5) is 11.4 Å². The van der Waals surface area contributed by atoms with Crippen molar-refractivity contribution < 1.29 is 14.3 Å². The lowest BCUT2D eigenvalue weighted by atomic mass is 9.90. The van der Waals surface area contributed by atoms with Crippen LogP contribution in [0.3, 0.4) is 0 Å². The Bertz CT molecular complexity index is 789. The molecular weight excluding hydrogens is 363 g/mol. The lowest BCUT2D eigenvalue weighted by Crippen LogP contribution is -2.41. The number of carbonyl (C=O) groups excluding carboxylic acids is 2. The second-order valence-electron chi connectivity index (χ2n) is 5.89. The SMILES string of the molecule is COc1ccc(NC(=O)C(C)(C)C(=O)Nc2ccc(Cl)c(Cl)c2)cc1. The highest BCUT2D eigenvalue weighted by Gasteiger charge is 2.36. The van der Waals surface area contributed by atoms with E-state index in [0.29, 0.717) is 27.2 Å². The molecule has 0 spiro atoms. The summed E-state index contributed by atoms with van der Waals surface area (Å²) < 4.78 is 5.07. The summed E-state index contributed by atoms with van der Waals surface area (Å²) in [5, 5.41) is 6.10. The molecule has 0 aliphatic heterocycles. The highest BCUT2D eigenvalue weighted by Crippen LogP contribution is 2.27. The van der Waals surface area contributed by atoms with E-state index in [0.717, 1.165) is 0 Å². The predicted molar refractivity (Wildman–Crippen MR) is 100 cm³/mol. The highest BCUT2D eigenvalue weighted by atomic mass is 35.5. The summed E-state index contributed by atoms with van der Waals surface area (Å²) in [7, 11) is 1.56. The van der Waals surface area contributed by atoms with Crippen LogP contribution in [0.2, 0.25) is 10.0 Å². The minimum Gasteiger partial charge on any atom is -0.497 e.